The molecular weight excluding hydrogens is 486 g/mol. The summed E-state index contributed by atoms with van der Waals surface area (Å²) >= 11 is 0. The van der Waals surface area contributed by atoms with Crippen LogP contribution in [0.1, 0.15) is 101 Å². The van der Waals surface area contributed by atoms with Gasteiger partial charge in [-0.2, -0.15) is 0 Å². The van der Waals surface area contributed by atoms with Crippen LogP contribution in [0.2, 0.25) is 0 Å². The van der Waals surface area contributed by atoms with Crippen molar-refractivity contribution in [1.82, 2.24) is 4.98 Å². The number of aromatic carboxylic acids is 1. The van der Waals surface area contributed by atoms with Gasteiger partial charge in [-0.15, -0.1) is 0 Å². The molecule has 1 atom stereocenters. The number of pyridine rings is 1. The Balaban J connectivity index is 2.20. The predicted octanol–water partition coefficient (Wildman–Crippen LogP) is 8.86. The highest BCUT2D eigenvalue weighted by molar-refractivity contribution is 5.89. The van der Waals surface area contributed by atoms with Gasteiger partial charge in [0.25, 0.3) is 0 Å². The number of rotatable bonds is 19. The molecule has 0 aromatic carbocycles. The Morgan fingerprint density at radius 3 is 1.85 bits per heavy atom. The third kappa shape index (κ3) is 16.2. The van der Waals surface area contributed by atoms with Gasteiger partial charge in [0.2, 0.25) is 0 Å². The molecule has 0 aliphatic heterocycles. The second-order valence-corrected chi connectivity index (χ2v) is 10.1. The van der Waals surface area contributed by atoms with Gasteiger partial charge in [-0.25, -0.2) is 4.79 Å². The van der Waals surface area contributed by atoms with Gasteiger partial charge in [-0.05, 0) is 75.3 Å². The molecule has 1 unspecified atom stereocenters. The van der Waals surface area contributed by atoms with Gasteiger partial charge >= 0.3 is 11.9 Å². The smallest absolute Gasteiger partial charge is 0.337 e. The molecule has 212 valence electrons. The van der Waals surface area contributed by atoms with Crippen molar-refractivity contribution >= 4 is 11.9 Å². The highest BCUT2D eigenvalue weighted by atomic mass is 16.5. The Kier molecular flexibility index (Phi) is 17.6. The molecule has 0 aliphatic carbocycles. The number of nitrogens with zero attached hydrogens (tertiary/aromatic N) is 1. The molecule has 39 heavy (non-hydrogen) atoms. The predicted molar refractivity (Wildman–Crippen MR) is 162 cm³/mol. The molecule has 1 heterocycles. The number of aromatic nitrogens is 1. The van der Waals surface area contributed by atoms with Crippen molar-refractivity contribution < 1.29 is 19.4 Å². The maximum atomic E-state index is 12.2. The van der Waals surface area contributed by atoms with Crippen molar-refractivity contribution in [3.05, 3.63) is 102 Å². The molecule has 0 amide bonds. The second-order valence-electron chi connectivity index (χ2n) is 10.1. The SMILES string of the molecule is CC/C=C\C/C=C\C/C=C\C/C=C\C/C=C\C/C=C\CCC(=O)OC(C)CC(C)(C)c1ccncc1C(=O)O. The lowest BCUT2D eigenvalue weighted by molar-refractivity contribution is -0.148. The fraction of sp³-hybridized carbons (Fsp3) is 0.441. The van der Waals surface area contributed by atoms with E-state index in [0.717, 1.165) is 38.5 Å². The molecule has 0 saturated heterocycles. The van der Waals surface area contributed by atoms with Crippen LogP contribution >= 0.6 is 0 Å². The highest BCUT2D eigenvalue weighted by Crippen LogP contribution is 2.31. The summed E-state index contributed by atoms with van der Waals surface area (Å²) in [5.41, 5.74) is 0.391. The largest absolute Gasteiger partial charge is 0.478 e. The number of carbonyl (C=O) groups excluding carboxylic acids is 1. The fourth-order valence-electron chi connectivity index (χ4n) is 4.15. The monoisotopic (exact) mass is 533 g/mol. The van der Waals surface area contributed by atoms with Crippen molar-refractivity contribution in [1.29, 1.82) is 0 Å². The molecule has 5 heteroatoms. The van der Waals surface area contributed by atoms with Gasteiger partial charge in [-0.3, -0.25) is 9.78 Å². The molecular formula is C34H47NO4. The summed E-state index contributed by atoms with van der Waals surface area (Å²) in [6.45, 7) is 7.90. The maximum Gasteiger partial charge on any atom is 0.337 e. The summed E-state index contributed by atoms with van der Waals surface area (Å²) in [5.74, 6) is -1.25. The fourth-order valence-corrected chi connectivity index (χ4v) is 4.15. The number of carbonyl (C=O) groups is 2. The van der Waals surface area contributed by atoms with E-state index in [1.807, 2.05) is 26.8 Å². The highest BCUT2D eigenvalue weighted by Gasteiger charge is 2.29. The molecule has 1 N–H and O–H groups in total. The van der Waals surface area contributed by atoms with Crippen LogP contribution < -0.4 is 0 Å². The number of esters is 1. The summed E-state index contributed by atoms with van der Waals surface area (Å²) in [6.07, 6.45) is 35.8. The standard InChI is InChI=1S/C34H47NO4/c1-5-6-7-8-9-10-11-12-13-14-15-16-17-18-19-20-21-22-23-24-32(36)39-29(2)27-34(3,4)31-25-26-35-28-30(31)33(37)38/h6-7,9-10,12-13,15-16,18-19,21-22,25-26,28-29H,5,8,11,14,17,20,23-24,27H2,1-4H3,(H,37,38)/b7-6-,10-9-,13-12-,16-15-,19-18-,22-21-. The third-order valence-corrected chi connectivity index (χ3v) is 6.02. The Morgan fingerprint density at radius 2 is 1.36 bits per heavy atom. The first-order valence-corrected chi connectivity index (χ1v) is 14.0. The van der Waals surface area contributed by atoms with E-state index in [9.17, 15) is 14.7 Å². The summed E-state index contributed by atoms with van der Waals surface area (Å²) in [5, 5.41) is 9.45. The van der Waals surface area contributed by atoms with E-state index in [-0.39, 0.29) is 17.6 Å². The molecule has 0 spiro atoms. The Labute approximate surface area is 235 Å². The zero-order chi connectivity index (χ0) is 28.8. The summed E-state index contributed by atoms with van der Waals surface area (Å²) in [7, 11) is 0. The quantitative estimate of drug-likeness (QED) is 0.142. The average molecular weight is 534 g/mol. The van der Waals surface area contributed by atoms with Gasteiger partial charge in [0.05, 0.1) is 11.7 Å². The van der Waals surface area contributed by atoms with Crippen LogP contribution in [-0.2, 0) is 14.9 Å². The molecule has 1 rings (SSSR count). The molecule has 0 saturated carbocycles. The average Bonchev–Trinajstić information content (AvgIpc) is 2.89. The zero-order valence-electron chi connectivity index (χ0n) is 24.2. The second kappa shape index (κ2) is 20.5. The molecule has 0 fully saturated rings. The van der Waals surface area contributed by atoms with Crippen molar-refractivity contribution in [2.45, 2.75) is 97.0 Å². The Hall–Kier alpha value is -3.47. The van der Waals surface area contributed by atoms with Crippen molar-refractivity contribution in [3.8, 4) is 0 Å². The van der Waals surface area contributed by atoms with Crippen LogP contribution in [0.3, 0.4) is 0 Å². The lowest BCUT2D eigenvalue weighted by atomic mass is 9.78. The van der Waals surface area contributed by atoms with E-state index in [4.69, 9.17) is 4.74 Å². The summed E-state index contributed by atoms with van der Waals surface area (Å²) in [4.78, 5) is 27.7. The topological polar surface area (TPSA) is 76.5 Å². The molecule has 1 aromatic heterocycles. The number of allylic oxidation sites excluding steroid dienone is 12. The van der Waals surface area contributed by atoms with Gasteiger partial charge < -0.3 is 9.84 Å². The minimum absolute atomic E-state index is 0.179. The van der Waals surface area contributed by atoms with Crippen LogP contribution in [0.25, 0.3) is 0 Å². The summed E-state index contributed by atoms with van der Waals surface area (Å²) < 4.78 is 5.58. The van der Waals surface area contributed by atoms with E-state index in [0.29, 0.717) is 24.8 Å². The normalized spacial score (nSPS) is 13.6. The first-order valence-electron chi connectivity index (χ1n) is 14.0. The number of carboxylic acid groups (broad SMARTS) is 1. The number of ether oxygens (including phenoxy) is 1. The maximum absolute atomic E-state index is 12.2. The Morgan fingerprint density at radius 1 is 0.872 bits per heavy atom. The first kappa shape index (κ1) is 33.6. The van der Waals surface area contributed by atoms with Crippen molar-refractivity contribution in [2.24, 2.45) is 0 Å². The van der Waals surface area contributed by atoms with E-state index >= 15 is 0 Å². The minimum atomic E-state index is -1.01. The molecule has 0 radical (unpaired) electrons. The summed E-state index contributed by atoms with van der Waals surface area (Å²) in [6, 6.07) is 1.72. The molecule has 0 bridgehead atoms. The van der Waals surface area contributed by atoms with Gasteiger partial charge in [0.1, 0.15) is 0 Å². The molecule has 5 nitrogen and oxygen atoms in total. The number of hydrogen-bond donors (Lipinski definition) is 1. The van der Waals surface area contributed by atoms with E-state index in [1.165, 1.54) is 6.20 Å². The van der Waals surface area contributed by atoms with E-state index in [1.54, 1.807) is 12.3 Å². The van der Waals surface area contributed by atoms with Crippen molar-refractivity contribution in [3.63, 3.8) is 0 Å². The van der Waals surface area contributed by atoms with Crippen LogP contribution in [0.15, 0.2) is 91.4 Å². The van der Waals surface area contributed by atoms with Crippen LogP contribution in [0, 0.1) is 0 Å². The lowest BCUT2D eigenvalue weighted by Gasteiger charge is -2.29. The minimum Gasteiger partial charge on any atom is -0.478 e. The zero-order valence-corrected chi connectivity index (χ0v) is 24.2. The molecule has 0 aliphatic rings. The first-order chi connectivity index (χ1) is 18.8. The number of hydrogen-bond acceptors (Lipinski definition) is 4. The molecule has 1 aromatic rings. The van der Waals surface area contributed by atoms with Gasteiger partial charge in [0.15, 0.2) is 0 Å². The lowest BCUT2D eigenvalue weighted by Crippen LogP contribution is -2.28. The van der Waals surface area contributed by atoms with E-state index < -0.39 is 11.4 Å². The van der Waals surface area contributed by atoms with Gasteiger partial charge in [0, 0.05) is 18.8 Å². The third-order valence-electron chi connectivity index (χ3n) is 6.02. The number of carboxylic acids is 1. The van der Waals surface area contributed by atoms with E-state index in [2.05, 4.69) is 78.7 Å². The van der Waals surface area contributed by atoms with Crippen LogP contribution in [-0.4, -0.2) is 28.1 Å². The Bertz CT molecular complexity index is 1030. The van der Waals surface area contributed by atoms with Crippen LogP contribution in [0.5, 0.6) is 0 Å². The van der Waals surface area contributed by atoms with Crippen LogP contribution in [0.4, 0.5) is 0 Å². The van der Waals surface area contributed by atoms with Crippen molar-refractivity contribution in [2.75, 3.05) is 0 Å². The van der Waals surface area contributed by atoms with Gasteiger partial charge in [-0.1, -0.05) is 93.7 Å².